The minimum Gasteiger partial charge on any atom is -0.497 e. The molecule has 0 bridgehead atoms. The van der Waals surface area contributed by atoms with Gasteiger partial charge in [-0.15, -0.1) is 11.3 Å². The molecule has 0 aliphatic rings. The van der Waals surface area contributed by atoms with Crippen LogP contribution in [0.15, 0.2) is 12.6 Å². The van der Waals surface area contributed by atoms with Gasteiger partial charge in [0.05, 0.1) is 7.11 Å². The molecule has 0 spiro atoms. The molecule has 1 aromatic rings. The summed E-state index contributed by atoms with van der Waals surface area (Å²) in [7, 11) is 1.59. The van der Waals surface area contributed by atoms with Crippen molar-refractivity contribution < 1.29 is 4.74 Å². The minimum absolute atomic E-state index is 0.624. The van der Waals surface area contributed by atoms with Crippen molar-refractivity contribution in [2.75, 3.05) is 7.11 Å². The van der Waals surface area contributed by atoms with Gasteiger partial charge >= 0.3 is 0 Å². The SMILES string of the molecule is C=C(OC)c1cc(C)sc1Cl. The molecule has 0 aliphatic carbocycles. The second-order valence-electron chi connectivity index (χ2n) is 2.17. The number of methoxy groups -OCH3 is 1. The Labute approximate surface area is 75.3 Å². The molecular formula is C8H9ClOS. The third-order valence-electron chi connectivity index (χ3n) is 1.36. The molecule has 0 radical (unpaired) electrons. The van der Waals surface area contributed by atoms with E-state index in [9.17, 15) is 0 Å². The molecule has 1 aromatic heterocycles. The Kier molecular flexibility index (Phi) is 2.58. The van der Waals surface area contributed by atoms with Crippen LogP contribution in [0.1, 0.15) is 10.4 Å². The minimum atomic E-state index is 0.624. The maximum absolute atomic E-state index is 5.90. The normalized spacial score (nSPS) is 9.73. The average molecular weight is 189 g/mol. The Bertz CT molecular complexity index is 278. The maximum Gasteiger partial charge on any atom is 0.121 e. The topological polar surface area (TPSA) is 9.23 Å². The van der Waals surface area contributed by atoms with Crippen molar-refractivity contribution in [3.63, 3.8) is 0 Å². The molecule has 0 amide bonds. The van der Waals surface area contributed by atoms with Crippen molar-refractivity contribution in [2.24, 2.45) is 0 Å². The molecule has 1 heterocycles. The van der Waals surface area contributed by atoms with Gasteiger partial charge in [-0.3, -0.25) is 0 Å². The van der Waals surface area contributed by atoms with Crippen LogP contribution in [0.2, 0.25) is 4.34 Å². The highest BCUT2D eigenvalue weighted by Gasteiger charge is 2.07. The van der Waals surface area contributed by atoms with Gasteiger partial charge in [0.1, 0.15) is 10.1 Å². The quantitative estimate of drug-likeness (QED) is 0.647. The fourth-order valence-corrected chi connectivity index (χ4v) is 2.05. The lowest BCUT2D eigenvalue weighted by Crippen LogP contribution is -1.81. The van der Waals surface area contributed by atoms with Gasteiger partial charge in [-0.05, 0) is 13.0 Å². The largest absolute Gasteiger partial charge is 0.497 e. The van der Waals surface area contributed by atoms with Gasteiger partial charge in [-0.1, -0.05) is 18.2 Å². The van der Waals surface area contributed by atoms with Crippen LogP contribution >= 0.6 is 22.9 Å². The number of halogens is 1. The highest BCUT2D eigenvalue weighted by Crippen LogP contribution is 2.31. The van der Waals surface area contributed by atoms with E-state index >= 15 is 0 Å². The maximum atomic E-state index is 5.90. The van der Waals surface area contributed by atoms with Gasteiger partial charge in [0.15, 0.2) is 0 Å². The molecule has 0 unspecified atom stereocenters. The van der Waals surface area contributed by atoms with E-state index < -0.39 is 0 Å². The summed E-state index contributed by atoms with van der Waals surface area (Å²) >= 11 is 7.43. The first-order valence-electron chi connectivity index (χ1n) is 3.14. The first-order chi connectivity index (χ1) is 5.15. The number of hydrogen-bond donors (Lipinski definition) is 0. The van der Waals surface area contributed by atoms with Crippen LogP contribution in [0.5, 0.6) is 0 Å². The molecule has 0 aromatic carbocycles. The third-order valence-corrected chi connectivity index (χ3v) is 2.63. The van der Waals surface area contributed by atoms with Crippen molar-refractivity contribution in [3.8, 4) is 0 Å². The molecular weight excluding hydrogens is 180 g/mol. The number of thiophene rings is 1. The standard InChI is InChI=1S/C8H9ClOS/c1-5-4-7(6(2)10-3)8(9)11-5/h4H,2H2,1,3H3. The number of rotatable bonds is 2. The molecule has 11 heavy (non-hydrogen) atoms. The molecule has 60 valence electrons. The first-order valence-corrected chi connectivity index (χ1v) is 4.33. The Morgan fingerprint density at radius 3 is 2.73 bits per heavy atom. The Morgan fingerprint density at radius 1 is 1.73 bits per heavy atom. The zero-order chi connectivity index (χ0) is 8.43. The van der Waals surface area contributed by atoms with E-state index in [1.165, 1.54) is 16.2 Å². The van der Waals surface area contributed by atoms with Crippen molar-refractivity contribution >= 4 is 28.7 Å². The highest BCUT2D eigenvalue weighted by molar-refractivity contribution is 7.16. The Hall–Kier alpha value is -0.470. The first kappa shape index (κ1) is 8.62. The van der Waals surface area contributed by atoms with E-state index in [0.29, 0.717) is 5.76 Å². The van der Waals surface area contributed by atoms with Gasteiger partial charge in [-0.25, -0.2) is 0 Å². The number of ether oxygens (including phenoxy) is 1. The highest BCUT2D eigenvalue weighted by atomic mass is 35.5. The van der Waals surface area contributed by atoms with Gasteiger partial charge in [-0.2, -0.15) is 0 Å². The van der Waals surface area contributed by atoms with Crippen molar-refractivity contribution in [1.29, 1.82) is 0 Å². The van der Waals surface area contributed by atoms with Crippen LogP contribution in [0.4, 0.5) is 0 Å². The zero-order valence-corrected chi connectivity index (χ0v) is 8.05. The number of aryl methyl sites for hydroxylation is 1. The molecule has 0 saturated heterocycles. The molecule has 3 heteroatoms. The van der Waals surface area contributed by atoms with Crippen LogP contribution in [0.25, 0.3) is 5.76 Å². The Balaban J connectivity index is 3.03. The van der Waals surface area contributed by atoms with Crippen molar-refractivity contribution in [3.05, 3.63) is 27.4 Å². The summed E-state index contributed by atoms with van der Waals surface area (Å²) in [6.07, 6.45) is 0. The molecule has 0 atom stereocenters. The summed E-state index contributed by atoms with van der Waals surface area (Å²) in [6, 6.07) is 1.97. The van der Waals surface area contributed by atoms with E-state index in [1.807, 2.05) is 13.0 Å². The van der Waals surface area contributed by atoms with Crippen molar-refractivity contribution in [2.45, 2.75) is 6.92 Å². The fraction of sp³-hybridized carbons (Fsp3) is 0.250. The van der Waals surface area contributed by atoms with E-state index in [0.717, 1.165) is 9.90 Å². The zero-order valence-electron chi connectivity index (χ0n) is 6.48. The molecule has 0 fully saturated rings. The summed E-state index contributed by atoms with van der Waals surface area (Å²) in [4.78, 5) is 1.17. The van der Waals surface area contributed by atoms with Crippen molar-refractivity contribution in [1.82, 2.24) is 0 Å². The molecule has 0 saturated carbocycles. The van der Waals surface area contributed by atoms with E-state index in [4.69, 9.17) is 16.3 Å². The van der Waals surface area contributed by atoms with E-state index in [1.54, 1.807) is 7.11 Å². The molecule has 0 N–H and O–H groups in total. The van der Waals surface area contributed by atoms with Crippen LogP contribution < -0.4 is 0 Å². The summed E-state index contributed by atoms with van der Waals surface area (Å²) in [5, 5.41) is 0. The lowest BCUT2D eigenvalue weighted by atomic mass is 10.3. The molecule has 1 nitrogen and oxygen atoms in total. The average Bonchev–Trinajstić information content (AvgIpc) is 2.28. The van der Waals surface area contributed by atoms with Gasteiger partial charge < -0.3 is 4.74 Å². The van der Waals surface area contributed by atoms with E-state index in [2.05, 4.69) is 6.58 Å². The fourth-order valence-electron chi connectivity index (χ4n) is 0.786. The van der Waals surface area contributed by atoms with Crippen LogP contribution in [-0.4, -0.2) is 7.11 Å². The molecule has 0 aliphatic heterocycles. The predicted molar refractivity (Wildman–Crippen MR) is 50.1 cm³/mol. The summed E-state index contributed by atoms with van der Waals surface area (Å²) in [5.41, 5.74) is 0.900. The summed E-state index contributed by atoms with van der Waals surface area (Å²) in [6.45, 7) is 5.72. The lowest BCUT2D eigenvalue weighted by Gasteiger charge is -1.99. The van der Waals surface area contributed by atoms with Crippen LogP contribution in [-0.2, 0) is 4.74 Å². The van der Waals surface area contributed by atoms with Crippen LogP contribution in [0, 0.1) is 6.92 Å². The van der Waals surface area contributed by atoms with E-state index in [-0.39, 0.29) is 0 Å². The lowest BCUT2D eigenvalue weighted by molar-refractivity contribution is 0.371. The number of hydrogen-bond acceptors (Lipinski definition) is 2. The Morgan fingerprint density at radius 2 is 2.36 bits per heavy atom. The second-order valence-corrected chi connectivity index (χ2v) is 4.03. The third kappa shape index (κ3) is 1.76. The second kappa shape index (κ2) is 3.28. The molecule has 1 rings (SSSR count). The predicted octanol–water partition coefficient (Wildman–Crippen LogP) is 3.33. The van der Waals surface area contributed by atoms with Gasteiger partial charge in [0, 0.05) is 10.4 Å². The van der Waals surface area contributed by atoms with Crippen LogP contribution in [0.3, 0.4) is 0 Å². The smallest absolute Gasteiger partial charge is 0.121 e. The van der Waals surface area contributed by atoms with Gasteiger partial charge in [0.25, 0.3) is 0 Å². The summed E-state index contributed by atoms with van der Waals surface area (Å²) < 4.78 is 5.70. The monoisotopic (exact) mass is 188 g/mol. The van der Waals surface area contributed by atoms with Gasteiger partial charge in [0.2, 0.25) is 0 Å². The summed E-state index contributed by atoms with van der Waals surface area (Å²) in [5.74, 6) is 0.624.